The fraction of sp³-hybridized carbons (Fsp3) is 0.273. The van der Waals surface area contributed by atoms with E-state index in [9.17, 15) is 0 Å². The first kappa shape index (κ1) is 18.7. The zero-order chi connectivity index (χ0) is 18.4. The second kappa shape index (κ2) is 8.43. The number of ether oxygens (including phenoxy) is 3. The molecule has 2 aromatic rings. The van der Waals surface area contributed by atoms with Crippen molar-refractivity contribution in [3.63, 3.8) is 0 Å². The summed E-state index contributed by atoms with van der Waals surface area (Å²) in [4.78, 5) is 0. The van der Waals surface area contributed by atoms with E-state index < -0.39 is 0 Å². The van der Waals surface area contributed by atoms with E-state index in [1.165, 1.54) is 22.3 Å². The van der Waals surface area contributed by atoms with Gasteiger partial charge in [-0.1, -0.05) is 36.4 Å². The third-order valence-electron chi connectivity index (χ3n) is 4.32. The van der Waals surface area contributed by atoms with Gasteiger partial charge in [0.05, 0.1) is 21.3 Å². The van der Waals surface area contributed by atoms with Gasteiger partial charge in [0.25, 0.3) is 0 Å². The van der Waals surface area contributed by atoms with Crippen LogP contribution in [0, 0.1) is 20.8 Å². The molecule has 0 amide bonds. The van der Waals surface area contributed by atoms with E-state index in [0.29, 0.717) is 17.2 Å². The maximum atomic E-state index is 5.38. The first-order valence-corrected chi connectivity index (χ1v) is 8.22. The van der Waals surface area contributed by atoms with Crippen LogP contribution in [0.15, 0.2) is 36.4 Å². The number of rotatable bonds is 6. The van der Waals surface area contributed by atoms with Crippen LogP contribution in [0.1, 0.15) is 27.8 Å². The van der Waals surface area contributed by atoms with Crippen LogP contribution in [-0.4, -0.2) is 21.3 Å². The predicted octanol–water partition coefficient (Wildman–Crippen LogP) is 5.36. The summed E-state index contributed by atoms with van der Waals surface area (Å²) in [6.07, 6.45) is 8.15. The molecule has 0 atom stereocenters. The molecular weight excluding hydrogens is 312 g/mol. The predicted molar refractivity (Wildman–Crippen MR) is 105 cm³/mol. The molecule has 0 spiro atoms. The third-order valence-corrected chi connectivity index (χ3v) is 4.32. The summed E-state index contributed by atoms with van der Waals surface area (Å²) < 4.78 is 16.1. The van der Waals surface area contributed by atoms with Gasteiger partial charge in [-0.2, -0.15) is 0 Å². The summed E-state index contributed by atoms with van der Waals surface area (Å²) >= 11 is 0. The Morgan fingerprint density at radius 2 is 1.08 bits per heavy atom. The average Bonchev–Trinajstić information content (AvgIpc) is 2.62. The molecule has 0 bridgehead atoms. The molecule has 0 radical (unpaired) electrons. The molecule has 132 valence electrons. The van der Waals surface area contributed by atoms with Crippen LogP contribution in [0.5, 0.6) is 17.2 Å². The number of allylic oxidation sites excluding steroid dienone is 2. The summed E-state index contributed by atoms with van der Waals surface area (Å²) in [6, 6.07) is 8.25. The Morgan fingerprint density at radius 3 is 1.48 bits per heavy atom. The van der Waals surface area contributed by atoms with Gasteiger partial charge in [0.1, 0.15) is 0 Å². The fourth-order valence-electron chi connectivity index (χ4n) is 2.70. The van der Waals surface area contributed by atoms with E-state index in [4.69, 9.17) is 14.2 Å². The SMILES string of the molecule is COc1cc(/C=C/C=C/c2cc(C)c(C)c(C)c2)cc(OC)c1OC. The number of methoxy groups -OCH3 is 3. The van der Waals surface area contributed by atoms with E-state index >= 15 is 0 Å². The van der Waals surface area contributed by atoms with Crippen molar-refractivity contribution in [1.82, 2.24) is 0 Å². The van der Waals surface area contributed by atoms with Crippen molar-refractivity contribution < 1.29 is 14.2 Å². The summed E-state index contributed by atoms with van der Waals surface area (Å²) in [7, 11) is 4.84. The minimum atomic E-state index is 0.600. The smallest absolute Gasteiger partial charge is 0.203 e. The number of hydrogen-bond donors (Lipinski definition) is 0. The van der Waals surface area contributed by atoms with Crippen molar-refractivity contribution in [3.05, 3.63) is 64.2 Å². The Hall–Kier alpha value is -2.68. The van der Waals surface area contributed by atoms with Gasteiger partial charge in [0, 0.05) is 0 Å². The molecule has 0 aliphatic rings. The van der Waals surface area contributed by atoms with Gasteiger partial charge in [-0.05, 0) is 60.7 Å². The van der Waals surface area contributed by atoms with Gasteiger partial charge in [-0.3, -0.25) is 0 Å². The second-order valence-corrected chi connectivity index (χ2v) is 5.96. The lowest BCUT2D eigenvalue weighted by Crippen LogP contribution is -1.95. The maximum Gasteiger partial charge on any atom is 0.203 e. The topological polar surface area (TPSA) is 27.7 Å². The zero-order valence-electron chi connectivity index (χ0n) is 15.8. The molecule has 0 aromatic heterocycles. The summed E-state index contributed by atoms with van der Waals surface area (Å²) in [5.74, 6) is 1.90. The Morgan fingerprint density at radius 1 is 0.640 bits per heavy atom. The highest BCUT2D eigenvalue weighted by Crippen LogP contribution is 2.38. The van der Waals surface area contributed by atoms with Crippen LogP contribution in [0.25, 0.3) is 12.2 Å². The van der Waals surface area contributed by atoms with Crippen molar-refractivity contribution in [2.45, 2.75) is 20.8 Å². The lowest BCUT2D eigenvalue weighted by atomic mass is 10.0. The molecule has 25 heavy (non-hydrogen) atoms. The molecule has 0 fully saturated rings. The minimum Gasteiger partial charge on any atom is -0.493 e. The number of benzene rings is 2. The Labute approximate surface area is 150 Å². The molecule has 0 aliphatic carbocycles. The zero-order valence-corrected chi connectivity index (χ0v) is 15.8. The number of aryl methyl sites for hydroxylation is 2. The Kier molecular flexibility index (Phi) is 6.29. The van der Waals surface area contributed by atoms with Crippen LogP contribution in [-0.2, 0) is 0 Å². The van der Waals surface area contributed by atoms with Crippen molar-refractivity contribution in [2.24, 2.45) is 0 Å². The quantitative estimate of drug-likeness (QED) is 0.663. The first-order chi connectivity index (χ1) is 12.0. The first-order valence-electron chi connectivity index (χ1n) is 8.22. The summed E-state index contributed by atoms with van der Waals surface area (Å²) in [6.45, 7) is 6.44. The Bertz CT molecular complexity index is 753. The molecule has 0 heterocycles. The van der Waals surface area contributed by atoms with Gasteiger partial charge in [0.15, 0.2) is 11.5 Å². The minimum absolute atomic E-state index is 0.600. The summed E-state index contributed by atoms with van der Waals surface area (Å²) in [5, 5.41) is 0. The van der Waals surface area contributed by atoms with Gasteiger partial charge in [-0.15, -0.1) is 0 Å². The van der Waals surface area contributed by atoms with Crippen molar-refractivity contribution in [2.75, 3.05) is 21.3 Å². The van der Waals surface area contributed by atoms with Gasteiger partial charge in [-0.25, -0.2) is 0 Å². The molecule has 0 unspecified atom stereocenters. The maximum absolute atomic E-state index is 5.38. The molecule has 0 saturated heterocycles. The average molecular weight is 338 g/mol. The molecule has 0 saturated carbocycles. The highest BCUT2D eigenvalue weighted by atomic mass is 16.5. The number of hydrogen-bond acceptors (Lipinski definition) is 3. The molecule has 3 heteroatoms. The fourth-order valence-corrected chi connectivity index (χ4v) is 2.70. The van der Waals surface area contributed by atoms with Crippen LogP contribution in [0.4, 0.5) is 0 Å². The van der Waals surface area contributed by atoms with Gasteiger partial charge >= 0.3 is 0 Å². The molecule has 0 aliphatic heterocycles. The van der Waals surface area contributed by atoms with E-state index in [-0.39, 0.29) is 0 Å². The lowest BCUT2D eigenvalue weighted by Gasteiger charge is -2.12. The standard InChI is InChI=1S/C22H26O3/c1-15-11-18(12-16(2)17(15)3)9-7-8-10-19-13-20(23-4)22(25-6)21(14-19)24-5/h7-14H,1-6H3/b9-7+,10-8+. The highest BCUT2D eigenvalue weighted by molar-refractivity contribution is 5.64. The highest BCUT2D eigenvalue weighted by Gasteiger charge is 2.11. The van der Waals surface area contributed by atoms with Crippen molar-refractivity contribution in [1.29, 1.82) is 0 Å². The molecular formula is C22H26O3. The van der Waals surface area contributed by atoms with Crippen LogP contribution in [0.3, 0.4) is 0 Å². The molecule has 0 N–H and O–H groups in total. The third kappa shape index (κ3) is 4.44. The van der Waals surface area contributed by atoms with Crippen molar-refractivity contribution >= 4 is 12.2 Å². The molecule has 2 aromatic carbocycles. The van der Waals surface area contributed by atoms with Crippen LogP contribution < -0.4 is 14.2 Å². The monoisotopic (exact) mass is 338 g/mol. The largest absolute Gasteiger partial charge is 0.493 e. The van der Waals surface area contributed by atoms with Gasteiger partial charge in [0.2, 0.25) is 5.75 Å². The van der Waals surface area contributed by atoms with Crippen molar-refractivity contribution in [3.8, 4) is 17.2 Å². The van der Waals surface area contributed by atoms with E-state index in [1.54, 1.807) is 21.3 Å². The molecule has 3 nitrogen and oxygen atoms in total. The van der Waals surface area contributed by atoms with E-state index in [1.807, 2.05) is 30.4 Å². The molecule has 2 rings (SSSR count). The second-order valence-electron chi connectivity index (χ2n) is 5.96. The summed E-state index contributed by atoms with van der Waals surface area (Å²) in [5.41, 5.74) is 6.16. The van der Waals surface area contributed by atoms with E-state index in [0.717, 1.165) is 5.56 Å². The lowest BCUT2D eigenvalue weighted by molar-refractivity contribution is 0.324. The van der Waals surface area contributed by atoms with Crippen LogP contribution in [0.2, 0.25) is 0 Å². The van der Waals surface area contributed by atoms with Crippen LogP contribution >= 0.6 is 0 Å². The van der Waals surface area contributed by atoms with Gasteiger partial charge < -0.3 is 14.2 Å². The normalized spacial score (nSPS) is 11.3. The Balaban J connectivity index is 2.22. The van der Waals surface area contributed by atoms with E-state index in [2.05, 4.69) is 39.0 Å².